The number of carbonyl (C=O) groups is 1. The summed E-state index contributed by atoms with van der Waals surface area (Å²) < 4.78 is 20.9. The number of carbonyl (C=O) groups excluding carboxylic acids is 1. The quantitative estimate of drug-likeness (QED) is 0.487. The Morgan fingerprint density at radius 1 is 1.23 bits per heavy atom. The fourth-order valence-corrected chi connectivity index (χ4v) is 3.64. The number of methoxy groups -OCH3 is 1. The lowest BCUT2D eigenvalue weighted by Crippen LogP contribution is -2.14. The third-order valence-electron chi connectivity index (χ3n) is 3.75. The molecule has 0 aliphatic rings. The molecule has 1 unspecified atom stereocenters. The molecule has 0 saturated carbocycles. The number of rotatable bonds is 6. The minimum Gasteiger partial charge on any atom is -0.468 e. The molecule has 0 bridgehead atoms. The summed E-state index contributed by atoms with van der Waals surface area (Å²) in [6.45, 7) is 2.52. The summed E-state index contributed by atoms with van der Waals surface area (Å²) in [5.74, 6) is -0.430. The summed E-state index contributed by atoms with van der Waals surface area (Å²) >= 11 is 1.10. The standard InChI is InChI=1S/C18H17FN4O2S/c1-3-23-16(14-10-6-7-11-20-14)21-22-18(23)26-15(17(24)25-2)12-8-4-5-9-13(12)19/h4-11,15H,3H2,1-2H3. The molecule has 1 atom stereocenters. The Balaban J connectivity index is 1.99. The number of esters is 1. The van der Waals surface area contributed by atoms with Gasteiger partial charge in [0.15, 0.2) is 11.0 Å². The fourth-order valence-electron chi connectivity index (χ4n) is 2.48. The Bertz CT molecular complexity index is 901. The molecule has 3 aromatic rings. The van der Waals surface area contributed by atoms with E-state index in [-0.39, 0.29) is 5.56 Å². The molecule has 1 aromatic carbocycles. The van der Waals surface area contributed by atoms with E-state index < -0.39 is 17.0 Å². The van der Waals surface area contributed by atoms with Gasteiger partial charge in [-0.1, -0.05) is 36.0 Å². The van der Waals surface area contributed by atoms with Crippen molar-refractivity contribution < 1.29 is 13.9 Å². The average Bonchev–Trinajstić information content (AvgIpc) is 3.09. The Labute approximate surface area is 154 Å². The van der Waals surface area contributed by atoms with Crippen molar-refractivity contribution in [2.75, 3.05) is 7.11 Å². The molecule has 8 heteroatoms. The Kier molecular flexibility index (Phi) is 5.62. The van der Waals surface area contributed by atoms with Crippen LogP contribution in [0.4, 0.5) is 4.39 Å². The number of halogens is 1. The second kappa shape index (κ2) is 8.09. The molecule has 0 aliphatic carbocycles. The molecule has 0 saturated heterocycles. The summed E-state index contributed by atoms with van der Waals surface area (Å²) in [6, 6.07) is 11.6. The van der Waals surface area contributed by atoms with Crippen LogP contribution < -0.4 is 0 Å². The number of pyridine rings is 1. The maximum absolute atomic E-state index is 14.2. The summed E-state index contributed by atoms with van der Waals surface area (Å²) in [6.07, 6.45) is 1.67. The van der Waals surface area contributed by atoms with Gasteiger partial charge in [-0.3, -0.25) is 9.78 Å². The second-order valence-corrected chi connectivity index (χ2v) is 6.38. The molecular weight excluding hydrogens is 355 g/mol. The van der Waals surface area contributed by atoms with Crippen LogP contribution in [-0.2, 0) is 16.1 Å². The van der Waals surface area contributed by atoms with Crippen LogP contribution in [0.2, 0.25) is 0 Å². The van der Waals surface area contributed by atoms with Crippen LogP contribution in [-0.4, -0.2) is 32.8 Å². The van der Waals surface area contributed by atoms with E-state index in [1.54, 1.807) is 24.4 Å². The van der Waals surface area contributed by atoms with Crippen LogP contribution >= 0.6 is 11.8 Å². The van der Waals surface area contributed by atoms with Gasteiger partial charge in [0, 0.05) is 18.3 Å². The SMILES string of the molecule is CCn1c(SC(C(=O)OC)c2ccccc2F)nnc1-c1ccccn1. The van der Waals surface area contributed by atoms with E-state index >= 15 is 0 Å². The molecule has 0 N–H and O–H groups in total. The predicted octanol–water partition coefficient (Wildman–Crippen LogP) is 3.51. The molecule has 3 rings (SSSR count). The molecule has 26 heavy (non-hydrogen) atoms. The van der Waals surface area contributed by atoms with Gasteiger partial charge < -0.3 is 9.30 Å². The first-order chi connectivity index (χ1) is 12.7. The zero-order chi connectivity index (χ0) is 18.5. The van der Waals surface area contributed by atoms with Gasteiger partial charge >= 0.3 is 5.97 Å². The van der Waals surface area contributed by atoms with Gasteiger partial charge in [-0.05, 0) is 25.1 Å². The van der Waals surface area contributed by atoms with Crippen LogP contribution in [0.5, 0.6) is 0 Å². The van der Waals surface area contributed by atoms with Gasteiger partial charge in [0.2, 0.25) is 0 Å². The lowest BCUT2D eigenvalue weighted by atomic mass is 10.1. The highest BCUT2D eigenvalue weighted by Gasteiger charge is 2.28. The molecule has 2 aromatic heterocycles. The first-order valence-corrected chi connectivity index (χ1v) is 8.87. The van der Waals surface area contributed by atoms with Crippen molar-refractivity contribution in [2.24, 2.45) is 0 Å². The summed E-state index contributed by atoms with van der Waals surface area (Å²) in [4.78, 5) is 16.6. The number of hydrogen-bond acceptors (Lipinski definition) is 6. The number of aromatic nitrogens is 4. The van der Waals surface area contributed by atoms with E-state index in [4.69, 9.17) is 4.74 Å². The highest BCUT2D eigenvalue weighted by molar-refractivity contribution is 8.00. The lowest BCUT2D eigenvalue weighted by molar-refractivity contribution is -0.140. The highest BCUT2D eigenvalue weighted by Crippen LogP contribution is 2.37. The first-order valence-electron chi connectivity index (χ1n) is 7.99. The third kappa shape index (κ3) is 3.60. The van der Waals surface area contributed by atoms with Gasteiger partial charge in [-0.25, -0.2) is 4.39 Å². The lowest BCUT2D eigenvalue weighted by Gasteiger charge is -2.15. The van der Waals surface area contributed by atoms with Crippen molar-refractivity contribution >= 4 is 17.7 Å². The first kappa shape index (κ1) is 18.1. The van der Waals surface area contributed by atoms with Crippen molar-refractivity contribution in [3.05, 3.63) is 60.0 Å². The van der Waals surface area contributed by atoms with Crippen molar-refractivity contribution in [1.82, 2.24) is 19.7 Å². The minimum atomic E-state index is -0.882. The molecule has 2 heterocycles. The zero-order valence-corrected chi connectivity index (χ0v) is 15.1. The van der Waals surface area contributed by atoms with Gasteiger partial charge in [0.1, 0.15) is 16.8 Å². The van der Waals surface area contributed by atoms with Crippen LogP contribution in [0.3, 0.4) is 0 Å². The Hall–Kier alpha value is -2.74. The fraction of sp³-hybridized carbons (Fsp3) is 0.222. The topological polar surface area (TPSA) is 69.9 Å². The minimum absolute atomic E-state index is 0.245. The molecule has 6 nitrogen and oxygen atoms in total. The van der Waals surface area contributed by atoms with Crippen molar-refractivity contribution in [1.29, 1.82) is 0 Å². The average molecular weight is 372 g/mol. The van der Waals surface area contributed by atoms with Crippen LogP contribution in [0.1, 0.15) is 17.7 Å². The van der Waals surface area contributed by atoms with E-state index in [2.05, 4.69) is 15.2 Å². The summed E-state index contributed by atoms with van der Waals surface area (Å²) in [5.41, 5.74) is 0.920. The molecule has 0 fully saturated rings. The Morgan fingerprint density at radius 3 is 2.65 bits per heavy atom. The van der Waals surface area contributed by atoms with Crippen molar-refractivity contribution in [3.63, 3.8) is 0 Å². The van der Waals surface area contributed by atoms with Crippen LogP contribution in [0.15, 0.2) is 53.8 Å². The van der Waals surface area contributed by atoms with Gasteiger partial charge in [-0.2, -0.15) is 0 Å². The molecule has 0 spiro atoms. The smallest absolute Gasteiger partial charge is 0.323 e. The summed E-state index contributed by atoms with van der Waals surface area (Å²) in [7, 11) is 1.28. The molecule has 0 radical (unpaired) electrons. The maximum atomic E-state index is 14.2. The van der Waals surface area contributed by atoms with Gasteiger partial charge in [-0.15, -0.1) is 10.2 Å². The number of nitrogens with zero attached hydrogens (tertiary/aromatic N) is 4. The summed E-state index contributed by atoms with van der Waals surface area (Å²) in [5, 5.41) is 7.99. The van der Waals surface area contributed by atoms with E-state index in [0.29, 0.717) is 23.2 Å². The number of thioether (sulfide) groups is 1. The Morgan fingerprint density at radius 2 is 2.00 bits per heavy atom. The number of ether oxygens (including phenoxy) is 1. The molecule has 0 aliphatic heterocycles. The molecule has 0 amide bonds. The monoisotopic (exact) mass is 372 g/mol. The van der Waals surface area contributed by atoms with E-state index in [0.717, 1.165) is 11.8 Å². The van der Waals surface area contributed by atoms with Crippen molar-refractivity contribution in [3.8, 4) is 11.5 Å². The van der Waals surface area contributed by atoms with Gasteiger partial charge in [0.05, 0.1) is 7.11 Å². The van der Waals surface area contributed by atoms with E-state index in [9.17, 15) is 9.18 Å². The highest BCUT2D eigenvalue weighted by atomic mass is 32.2. The van der Waals surface area contributed by atoms with Crippen molar-refractivity contribution in [2.45, 2.75) is 23.9 Å². The number of hydrogen-bond donors (Lipinski definition) is 0. The molecule has 134 valence electrons. The predicted molar refractivity (Wildman–Crippen MR) is 95.9 cm³/mol. The largest absolute Gasteiger partial charge is 0.468 e. The number of benzene rings is 1. The maximum Gasteiger partial charge on any atom is 0.323 e. The van der Waals surface area contributed by atoms with Gasteiger partial charge in [0.25, 0.3) is 0 Å². The van der Waals surface area contributed by atoms with E-state index in [1.807, 2.05) is 29.7 Å². The molecular formula is C18H17FN4O2S. The van der Waals surface area contributed by atoms with Crippen LogP contribution in [0.25, 0.3) is 11.5 Å². The van der Waals surface area contributed by atoms with E-state index in [1.165, 1.54) is 13.2 Å². The third-order valence-corrected chi connectivity index (χ3v) is 4.95. The second-order valence-electron chi connectivity index (χ2n) is 5.31. The normalized spacial score (nSPS) is 12.0. The zero-order valence-electron chi connectivity index (χ0n) is 14.3. The van der Waals surface area contributed by atoms with Crippen LogP contribution in [0, 0.1) is 5.82 Å².